The number of aryl methyl sites for hydroxylation is 2. The van der Waals surface area contributed by atoms with Gasteiger partial charge in [0.1, 0.15) is 0 Å². The molecule has 4 nitrogen and oxygen atoms in total. The van der Waals surface area contributed by atoms with Crippen molar-refractivity contribution >= 4 is 5.97 Å². The fourth-order valence-corrected chi connectivity index (χ4v) is 2.48. The van der Waals surface area contributed by atoms with E-state index in [9.17, 15) is 4.79 Å². The molecule has 0 bridgehead atoms. The van der Waals surface area contributed by atoms with Crippen molar-refractivity contribution in [2.75, 3.05) is 0 Å². The molecule has 0 amide bonds. The van der Waals surface area contributed by atoms with Crippen molar-refractivity contribution in [1.82, 2.24) is 5.16 Å². The van der Waals surface area contributed by atoms with Crippen LogP contribution in [0.2, 0.25) is 0 Å². The smallest absolute Gasteiger partial charge is 0.358 e. The quantitative estimate of drug-likeness (QED) is 0.880. The molecule has 0 saturated heterocycles. The Bertz CT molecular complexity index is 628. The summed E-state index contributed by atoms with van der Waals surface area (Å²) >= 11 is 0. The molecule has 1 aromatic heterocycles. The molecule has 1 aliphatic rings. The lowest BCUT2D eigenvalue weighted by Crippen LogP contribution is -2.07. The maximum Gasteiger partial charge on any atom is 0.358 e. The highest BCUT2D eigenvalue weighted by Crippen LogP contribution is 2.35. The summed E-state index contributed by atoms with van der Waals surface area (Å²) in [7, 11) is 0. The van der Waals surface area contributed by atoms with Gasteiger partial charge in [-0.3, -0.25) is 0 Å². The first kappa shape index (κ1) is 11.0. The van der Waals surface area contributed by atoms with Crippen LogP contribution in [0.25, 0.3) is 11.3 Å². The van der Waals surface area contributed by atoms with Gasteiger partial charge in [-0.1, -0.05) is 30.3 Å². The van der Waals surface area contributed by atoms with Gasteiger partial charge in [0.15, 0.2) is 11.5 Å². The van der Waals surface area contributed by atoms with Gasteiger partial charge in [0.05, 0.1) is 0 Å². The summed E-state index contributed by atoms with van der Waals surface area (Å²) in [6, 6.07) is 6.22. The van der Waals surface area contributed by atoms with Crippen LogP contribution < -0.4 is 0 Å². The Morgan fingerprint density at radius 1 is 1.44 bits per heavy atom. The minimum atomic E-state index is -1.02. The van der Waals surface area contributed by atoms with Crippen molar-refractivity contribution in [3.05, 3.63) is 40.6 Å². The topological polar surface area (TPSA) is 63.3 Å². The molecule has 0 atom stereocenters. The lowest BCUT2D eigenvalue weighted by Gasteiger charge is -2.15. The van der Waals surface area contributed by atoms with Gasteiger partial charge in [0, 0.05) is 11.1 Å². The monoisotopic (exact) mass is 243 g/mol. The molecule has 92 valence electrons. The molecular weight excluding hydrogens is 230 g/mol. The van der Waals surface area contributed by atoms with Crippen LogP contribution in [0.4, 0.5) is 0 Å². The Morgan fingerprint density at radius 3 is 3.00 bits per heavy atom. The zero-order chi connectivity index (χ0) is 12.7. The summed E-state index contributed by atoms with van der Waals surface area (Å²) in [4.78, 5) is 11.0. The third kappa shape index (κ3) is 1.53. The third-order valence-corrected chi connectivity index (χ3v) is 3.46. The number of carboxylic acid groups (broad SMARTS) is 1. The average molecular weight is 243 g/mol. The van der Waals surface area contributed by atoms with Crippen LogP contribution in [-0.2, 0) is 19.3 Å². The number of rotatable bonds is 2. The fraction of sp³-hybridized carbons (Fsp3) is 0.286. The molecule has 0 aliphatic heterocycles. The van der Waals surface area contributed by atoms with Crippen molar-refractivity contribution in [3.63, 3.8) is 0 Å². The zero-order valence-corrected chi connectivity index (χ0v) is 10.1. The van der Waals surface area contributed by atoms with E-state index >= 15 is 0 Å². The number of fused-ring (bicyclic) bond motifs is 3. The van der Waals surface area contributed by atoms with Crippen LogP contribution in [0, 0.1) is 0 Å². The molecule has 4 heteroatoms. The molecule has 0 fully saturated rings. The van der Waals surface area contributed by atoms with E-state index in [-0.39, 0.29) is 5.69 Å². The van der Waals surface area contributed by atoms with E-state index in [1.165, 1.54) is 11.1 Å². The number of aromatic carboxylic acids is 1. The highest BCUT2D eigenvalue weighted by atomic mass is 16.5. The zero-order valence-electron chi connectivity index (χ0n) is 10.1. The Labute approximate surface area is 104 Å². The molecule has 1 heterocycles. The fourth-order valence-electron chi connectivity index (χ4n) is 2.48. The number of benzene rings is 1. The molecule has 0 saturated carbocycles. The predicted octanol–water partition coefficient (Wildman–Crippen LogP) is 2.70. The predicted molar refractivity (Wildman–Crippen MR) is 65.7 cm³/mol. The molecule has 1 aliphatic carbocycles. The molecule has 1 N–H and O–H groups in total. The minimum absolute atomic E-state index is 0.0511. The van der Waals surface area contributed by atoms with Crippen LogP contribution in [0.1, 0.15) is 34.1 Å². The van der Waals surface area contributed by atoms with Gasteiger partial charge >= 0.3 is 5.97 Å². The normalized spacial score (nSPS) is 12.9. The largest absolute Gasteiger partial charge is 0.476 e. The first-order valence-electron chi connectivity index (χ1n) is 6.04. The number of carboxylic acids is 1. The van der Waals surface area contributed by atoms with Crippen molar-refractivity contribution in [3.8, 4) is 11.3 Å². The molecule has 0 spiro atoms. The number of nitrogens with zero attached hydrogens (tertiary/aromatic N) is 1. The second-order valence-corrected chi connectivity index (χ2v) is 4.49. The Kier molecular flexibility index (Phi) is 2.44. The molecule has 0 radical (unpaired) electrons. The molecular formula is C14H13NO3. The van der Waals surface area contributed by atoms with Gasteiger partial charge in [-0.25, -0.2) is 4.79 Å². The molecule has 1 aromatic carbocycles. The lowest BCUT2D eigenvalue weighted by atomic mass is 9.88. The van der Waals surface area contributed by atoms with E-state index in [1.54, 1.807) is 0 Å². The van der Waals surface area contributed by atoms with Gasteiger partial charge in [0.2, 0.25) is 0 Å². The minimum Gasteiger partial charge on any atom is -0.476 e. The van der Waals surface area contributed by atoms with Crippen LogP contribution >= 0.6 is 0 Å². The van der Waals surface area contributed by atoms with E-state index in [2.05, 4.69) is 24.2 Å². The molecule has 2 aromatic rings. The maximum absolute atomic E-state index is 11.0. The van der Waals surface area contributed by atoms with E-state index in [1.807, 2.05) is 6.07 Å². The third-order valence-electron chi connectivity index (χ3n) is 3.46. The highest BCUT2D eigenvalue weighted by Gasteiger charge is 2.27. The van der Waals surface area contributed by atoms with Crippen molar-refractivity contribution in [1.29, 1.82) is 0 Å². The SMILES string of the molecule is CCc1ccc2c(c1)CCc1c(C(=O)O)noc1-2. The van der Waals surface area contributed by atoms with Crippen LogP contribution in [0.5, 0.6) is 0 Å². The molecule has 0 unspecified atom stereocenters. The number of carbonyl (C=O) groups is 1. The lowest BCUT2D eigenvalue weighted by molar-refractivity contribution is 0.0685. The maximum atomic E-state index is 11.0. The average Bonchev–Trinajstić information content (AvgIpc) is 2.82. The van der Waals surface area contributed by atoms with Crippen LogP contribution in [0.15, 0.2) is 22.7 Å². The summed E-state index contributed by atoms with van der Waals surface area (Å²) in [5.41, 5.74) is 4.26. The Morgan fingerprint density at radius 2 is 2.28 bits per heavy atom. The van der Waals surface area contributed by atoms with Gasteiger partial charge < -0.3 is 9.63 Å². The van der Waals surface area contributed by atoms with E-state index < -0.39 is 5.97 Å². The highest BCUT2D eigenvalue weighted by molar-refractivity contribution is 5.89. The van der Waals surface area contributed by atoms with Crippen LogP contribution in [0.3, 0.4) is 0 Å². The summed E-state index contributed by atoms with van der Waals surface area (Å²) in [5, 5.41) is 12.7. The number of hydrogen-bond donors (Lipinski definition) is 1. The van der Waals surface area contributed by atoms with E-state index in [0.717, 1.165) is 24.0 Å². The summed E-state index contributed by atoms with van der Waals surface area (Å²) < 4.78 is 5.22. The van der Waals surface area contributed by atoms with Gasteiger partial charge in [-0.15, -0.1) is 0 Å². The van der Waals surface area contributed by atoms with Gasteiger partial charge in [-0.05, 0) is 30.4 Å². The van der Waals surface area contributed by atoms with E-state index in [0.29, 0.717) is 12.2 Å². The van der Waals surface area contributed by atoms with Crippen LogP contribution in [-0.4, -0.2) is 16.2 Å². The second kappa shape index (κ2) is 3.98. The van der Waals surface area contributed by atoms with Crippen molar-refractivity contribution < 1.29 is 14.4 Å². The van der Waals surface area contributed by atoms with Crippen molar-refractivity contribution in [2.45, 2.75) is 26.2 Å². The van der Waals surface area contributed by atoms with E-state index in [4.69, 9.17) is 9.63 Å². The van der Waals surface area contributed by atoms with Crippen molar-refractivity contribution in [2.24, 2.45) is 0 Å². The summed E-state index contributed by atoms with van der Waals surface area (Å²) in [5.74, 6) is -0.398. The Hall–Kier alpha value is -2.10. The molecule has 18 heavy (non-hydrogen) atoms. The standard InChI is InChI=1S/C14H13NO3/c1-2-8-3-5-10-9(7-8)4-6-11-12(14(16)17)15-18-13(10)11/h3,5,7H,2,4,6H2,1H3,(H,16,17). The number of hydrogen-bond acceptors (Lipinski definition) is 3. The Balaban J connectivity index is 2.15. The summed E-state index contributed by atoms with van der Waals surface area (Å²) in [6.45, 7) is 2.12. The molecule has 3 rings (SSSR count). The first-order valence-corrected chi connectivity index (χ1v) is 6.04. The van der Waals surface area contributed by atoms with Gasteiger partial charge in [-0.2, -0.15) is 0 Å². The summed E-state index contributed by atoms with van der Waals surface area (Å²) in [6.07, 6.45) is 2.52. The first-order chi connectivity index (χ1) is 8.70. The van der Waals surface area contributed by atoms with Gasteiger partial charge in [0.25, 0.3) is 0 Å². The number of aromatic nitrogens is 1. The second-order valence-electron chi connectivity index (χ2n) is 4.49.